The molecule has 0 spiro atoms. The molecule has 0 N–H and O–H groups in total. The zero-order valence-corrected chi connectivity index (χ0v) is 9.15. The zero-order valence-electron chi connectivity index (χ0n) is 9.15. The first-order chi connectivity index (χ1) is 6.40. The molecule has 14 heavy (non-hydrogen) atoms. The van der Waals surface area contributed by atoms with Crippen LogP contribution in [0.4, 0.5) is 8.78 Å². The van der Waals surface area contributed by atoms with Gasteiger partial charge in [-0.2, -0.15) is 0 Å². The van der Waals surface area contributed by atoms with Crippen molar-refractivity contribution in [1.82, 2.24) is 4.90 Å². The summed E-state index contributed by atoms with van der Waals surface area (Å²) in [5.74, 6) is -3.34. The van der Waals surface area contributed by atoms with E-state index in [2.05, 4.69) is 0 Å². The van der Waals surface area contributed by atoms with Gasteiger partial charge in [0.1, 0.15) is 0 Å². The lowest BCUT2D eigenvalue weighted by molar-refractivity contribution is -0.137. The molecule has 2 nitrogen and oxygen atoms in total. The van der Waals surface area contributed by atoms with Crippen LogP contribution in [0.2, 0.25) is 0 Å². The smallest absolute Gasteiger partial charge is 0.254 e. The van der Waals surface area contributed by atoms with Gasteiger partial charge in [-0.1, -0.05) is 13.8 Å². The first-order valence-corrected chi connectivity index (χ1v) is 5.06. The number of carbonyl (C=O) groups excluding carboxylic acids is 1. The van der Waals surface area contributed by atoms with Gasteiger partial charge in [-0.15, -0.1) is 0 Å². The number of hydrogen-bond donors (Lipinski definition) is 0. The number of halogens is 2. The lowest BCUT2D eigenvalue weighted by Crippen LogP contribution is -2.35. The molecule has 0 aromatic rings. The minimum atomic E-state index is -2.89. The van der Waals surface area contributed by atoms with Crippen molar-refractivity contribution in [3.8, 4) is 0 Å². The summed E-state index contributed by atoms with van der Waals surface area (Å²) in [7, 11) is 0. The van der Waals surface area contributed by atoms with E-state index >= 15 is 0 Å². The van der Waals surface area contributed by atoms with Crippen molar-refractivity contribution in [2.45, 2.75) is 46.0 Å². The third-order valence-electron chi connectivity index (χ3n) is 1.80. The predicted octanol–water partition coefficient (Wildman–Crippen LogP) is 2.68. The fourth-order valence-electron chi connectivity index (χ4n) is 1.28. The molecule has 0 atom stereocenters. The van der Waals surface area contributed by atoms with E-state index in [1.807, 2.05) is 13.8 Å². The van der Waals surface area contributed by atoms with E-state index in [0.29, 0.717) is 13.1 Å². The molecule has 0 fully saturated rings. The second-order valence-electron chi connectivity index (χ2n) is 3.63. The molecule has 0 saturated heterocycles. The van der Waals surface area contributed by atoms with Crippen LogP contribution >= 0.6 is 0 Å². The fourth-order valence-corrected chi connectivity index (χ4v) is 1.28. The normalized spacial score (nSPS) is 11.5. The highest BCUT2D eigenvalue weighted by molar-refractivity contribution is 5.76. The highest BCUT2D eigenvalue weighted by Crippen LogP contribution is 2.18. The summed E-state index contributed by atoms with van der Waals surface area (Å²) in [6, 6.07) is 0. The van der Waals surface area contributed by atoms with Crippen LogP contribution < -0.4 is 0 Å². The van der Waals surface area contributed by atoms with E-state index in [0.717, 1.165) is 19.8 Å². The summed E-state index contributed by atoms with van der Waals surface area (Å²) >= 11 is 0. The molecular formula is C10H19F2NO. The molecule has 0 unspecified atom stereocenters. The first kappa shape index (κ1) is 13.3. The summed E-state index contributed by atoms with van der Waals surface area (Å²) in [4.78, 5) is 12.9. The Morgan fingerprint density at radius 3 is 1.93 bits per heavy atom. The predicted molar refractivity (Wildman–Crippen MR) is 52.4 cm³/mol. The molecular weight excluding hydrogens is 188 g/mol. The Bertz CT molecular complexity index is 171. The van der Waals surface area contributed by atoms with Crippen LogP contribution in [0.3, 0.4) is 0 Å². The van der Waals surface area contributed by atoms with Crippen LogP contribution in [-0.2, 0) is 4.79 Å². The summed E-state index contributed by atoms with van der Waals surface area (Å²) in [6.45, 7) is 5.78. The molecule has 0 bridgehead atoms. The van der Waals surface area contributed by atoms with Gasteiger partial charge in [0.05, 0.1) is 6.42 Å². The Balaban J connectivity index is 4.14. The van der Waals surface area contributed by atoms with Crippen LogP contribution in [-0.4, -0.2) is 29.8 Å². The second kappa shape index (κ2) is 5.94. The van der Waals surface area contributed by atoms with Crippen molar-refractivity contribution in [1.29, 1.82) is 0 Å². The number of alkyl halides is 2. The number of carbonyl (C=O) groups is 1. The summed E-state index contributed by atoms with van der Waals surface area (Å²) in [6.07, 6.45) is 0.940. The molecule has 0 aromatic carbocycles. The molecule has 0 heterocycles. The molecule has 0 radical (unpaired) electrons. The van der Waals surface area contributed by atoms with Gasteiger partial charge in [0.25, 0.3) is 5.92 Å². The lowest BCUT2D eigenvalue weighted by atomic mass is 10.2. The molecule has 1 amide bonds. The fraction of sp³-hybridized carbons (Fsp3) is 0.900. The summed E-state index contributed by atoms with van der Waals surface area (Å²) in [5, 5.41) is 0. The maximum atomic E-state index is 12.6. The van der Waals surface area contributed by atoms with E-state index in [-0.39, 0.29) is 0 Å². The van der Waals surface area contributed by atoms with Gasteiger partial charge in [0.2, 0.25) is 5.91 Å². The van der Waals surface area contributed by atoms with Gasteiger partial charge in [-0.25, -0.2) is 8.78 Å². The van der Waals surface area contributed by atoms with E-state index in [4.69, 9.17) is 0 Å². The van der Waals surface area contributed by atoms with Gasteiger partial charge in [0.15, 0.2) is 0 Å². The van der Waals surface area contributed by atoms with Crippen molar-refractivity contribution in [2.75, 3.05) is 13.1 Å². The van der Waals surface area contributed by atoms with Crippen molar-refractivity contribution in [3.05, 3.63) is 0 Å². The Morgan fingerprint density at radius 2 is 1.64 bits per heavy atom. The number of nitrogens with zero attached hydrogens (tertiary/aromatic N) is 1. The van der Waals surface area contributed by atoms with Gasteiger partial charge < -0.3 is 4.90 Å². The zero-order chi connectivity index (χ0) is 11.2. The Labute approximate surface area is 84.3 Å². The molecule has 0 aromatic heterocycles. The highest BCUT2D eigenvalue weighted by atomic mass is 19.3. The van der Waals surface area contributed by atoms with E-state index in [1.165, 1.54) is 4.90 Å². The van der Waals surface area contributed by atoms with Crippen LogP contribution in [0.15, 0.2) is 0 Å². The molecule has 0 rings (SSSR count). The second-order valence-corrected chi connectivity index (χ2v) is 3.63. The topological polar surface area (TPSA) is 20.3 Å². The molecule has 0 aliphatic carbocycles. The van der Waals surface area contributed by atoms with Gasteiger partial charge >= 0.3 is 0 Å². The average Bonchev–Trinajstić information content (AvgIpc) is 2.01. The largest absolute Gasteiger partial charge is 0.343 e. The Morgan fingerprint density at radius 1 is 1.21 bits per heavy atom. The molecule has 4 heteroatoms. The SMILES string of the molecule is CCCN(CCC)C(=O)CC(C)(F)F. The molecule has 0 saturated carbocycles. The van der Waals surface area contributed by atoms with Gasteiger partial charge in [-0.3, -0.25) is 4.79 Å². The minimum absolute atomic E-state index is 0.443. The summed E-state index contributed by atoms with van der Waals surface area (Å²) < 4.78 is 25.1. The van der Waals surface area contributed by atoms with Crippen LogP contribution in [0.25, 0.3) is 0 Å². The Hall–Kier alpha value is -0.670. The minimum Gasteiger partial charge on any atom is -0.343 e. The molecule has 84 valence electrons. The van der Waals surface area contributed by atoms with E-state index < -0.39 is 18.3 Å². The average molecular weight is 207 g/mol. The third kappa shape index (κ3) is 5.89. The van der Waals surface area contributed by atoms with Crippen molar-refractivity contribution < 1.29 is 13.6 Å². The highest BCUT2D eigenvalue weighted by Gasteiger charge is 2.27. The standard InChI is InChI=1S/C10H19F2NO/c1-4-6-13(7-5-2)9(14)8-10(3,11)12/h4-8H2,1-3H3. The molecule has 0 aliphatic heterocycles. The van der Waals surface area contributed by atoms with Crippen molar-refractivity contribution in [2.24, 2.45) is 0 Å². The lowest BCUT2D eigenvalue weighted by Gasteiger charge is -2.23. The van der Waals surface area contributed by atoms with Crippen LogP contribution in [0.1, 0.15) is 40.0 Å². The van der Waals surface area contributed by atoms with E-state index in [9.17, 15) is 13.6 Å². The number of rotatable bonds is 6. The maximum Gasteiger partial charge on any atom is 0.254 e. The van der Waals surface area contributed by atoms with Gasteiger partial charge in [-0.05, 0) is 19.8 Å². The van der Waals surface area contributed by atoms with Gasteiger partial charge in [0, 0.05) is 13.1 Å². The third-order valence-corrected chi connectivity index (χ3v) is 1.80. The first-order valence-electron chi connectivity index (χ1n) is 5.06. The Kier molecular flexibility index (Phi) is 5.65. The number of hydrogen-bond acceptors (Lipinski definition) is 1. The van der Waals surface area contributed by atoms with E-state index in [1.54, 1.807) is 0 Å². The molecule has 0 aliphatic rings. The summed E-state index contributed by atoms with van der Waals surface area (Å²) in [5.41, 5.74) is 0. The van der Waals surface area contributed by atoms with Crippen LogP contribution in [0, 0.1) is 0 Å². The monoisotopic (exact) mass is 207 g/mol. The van der Waals surface area contributed by atoms with Crippen LogP contribution in [0.5, 0.6) is 0 Å². The van der Waals surface area contributed by atoms with Crippen molar-refractivity contribution in [3.63, 3.8) is 0 Å². The number of amides is 1. The van der Waals surface area contributed by atoms with Crippen molar-refractivity contribution >= 4 is 5.91 Å². The maximum absolute atomic E-state index is 12.6. The quantitative estimate of drug-likeness (QED) is 0.655.